The van der Waals surface area contributed by atoms with E-state index in [9.17, 15) is 4.79 Å². The normalized spacial score (nSPS) is 18.1. The Hall–Kier alpha value is -2.28. The lowest BCUT2D eigenvalue weighted by Gasteiger charge is -2.31. The number of amides is 1. The third-order valence-electron chi connectivity index (χ3n) is 3.87. The average Bonchev–Trinajstić information content (AvgIpc) is 2.90. The molecule has 1 atom stereocenters. The maximum Gasteiger partial charge on any atom is 0.274 e. The topological polar surface area (TPSA) is 67.2 Å². The minimum Gasteiger partial charge on any atom is -0.327 e. The Kier molecular flexibility index (Phi) is 4.15. The van der Waals surface area contributed by atoms with Gasteiger partial charge in [-0.25, -0.2) is 4.98 Å². The van der Waals surface area contributed by atoms with E-state index in [1.165, 1.54) is 6.20 Å². The van der Waals surface area contributed by atoms with Crippen molar-refractivity contribution in [3.63, 3.8) is 0 Å². The van der Waals surface area contributed by atoms with Crippen LogP contribution in [0.5, 0.6) is 0 Å². The van der Waals surface area contributed by atoms with Gasteiger partial charge in [-0.2, -0.15) is 5.10 Å². The maximum absolute atomic E-state index is 12.9. The number of nitrogens with zero attached hydrogens (tertiary/aromatic N) is 6. The van der Waals surface area contributed by atoms with Crippen molar-refractivity contribution in [1.29, 1.82) is 0 Å². The highest BCUT2D eigenvalue weighted by Gasteiger charge is 2.29. The molecule has 116 valence electrons. The van der Waals surface area contributed by atoms with Crippen LogP contribution in [0.3, 0.4) is 0 Å². The summed E-state index contributed by atoms with van der Waals surface area (Å²) in [4.78, 5) is 25.0. The molecule has 1 aliphatic heterocycles. The lowest BCUT2D eigenvalue weighted by Crippen LogP contribution is -2.44. The van der Waals surface area contributed by atoms with E-state index in [1.54, 1.807) is 18.6 Å². The van der Waals surface area contributed by atoms with E-state index in [4.69, 9.17) is 0 Å². The molecule has 0 fully saturated rings. The molecular formula is C15H20N6O. The molecular weight excluding hydrogens is 280 g/mol. The highest BCUT2D eigenvalue weighted by Crippen LogP contribution is 2.19. The number of aromatic nitrogens is 4. The molecule has 3 rings (SSSR count). The monoisotopic (exact) mass is 300 g/mol. The van der Waals surface area contributed by atoms with Crippen LogP contribution in [-0.2, 0) is 13.1 Å². The van der Waals surface area contributed by atoms with E-state index in [1.807, 2.05) is 29.7 Å². The number of likely N-dealkylation sites (N-methyl/N-ethyl adjacent to an activating group) is 1. The molecule has 0 spiro atoms. The summed E-state index contributed by atoms with van der Waals surface area (Å²) < 4.78 is 1.98. The van der Waals surface area contributed by atoms with E-state index in [2.05, 4.69) is 20.0 Å². The zero-order chi connectivity index (χ0) is 15.5. The van der Waals surface area contributed by atoms with Gasteiger partial charge in [0.15, 0.2) is 0 Å². The highest BCUT2D eigenvalue weighted by atomic mass is 16.2. The van der Waals surface area contributed by atoms with E-state index in [0.717, 1.165) is 25.2 Å². The Morgan fingerprint density at radius 2 is 2.23 bits per heavy atom. The summed E-state index contributed by atoms with van der Waals surface area (Å²) >= 11 is 0. The lowest BCUT2D eigenvalue weighted by molar-refractivity contribution is 0.0620. The fraction of sp³-hybridized carbons (Fsp3) is 0.467. The first-order valence-corrected chi connectivity index (χ1v) is 7.37. The largest absolute Gasteiger partial charge is 0.327 e. The van der Waals surface area contributed by atoms with Crippen LogP contribution in [0.25, 0.3) is 0 Å². The van der Waals surface area contributed by atoms with E-state index in [0.29, 0.717) is 12.2 Å². The van der Waals surface area contributed by atoms with Gasteiger partial charge in [-0.1, -0.05) is 0 Å². The first-order chi connectivity index (χ1) is 10.6. The molecule has 0 unspecified atom stereocenters. The number of aryl methyl sites for hydroxylation is 1. The molecule has 3 heterocycles. The Balaban J connectivity index is 1.90. The van der Waals surface area contributed by atoms with Crippen LogP contribution in [0.4, 0.5) is 0 Å². The van der Waals surface area contributed by atoms with Crippen molar-refractivity contribution < 1.29 is 4.79 Å². The predicted molar refractivity (Wildman–Crippen MR) is 81.1 cm³/mol. The predicted octanol–water partition coefficient (Wildman–Crippen LogP) is 0.649. The number of hydrogen-bond donors (Lipinski definition) is 0. The average molecular weight is 300 g/mol. The van der Waals surface area contributed by atoms with Gasteiger partial charge in [0.25, 0.3) is 5.91 Å². The molecule has 1 amide bonds. The number of carbonyl (C=O) groups is 1. The number of fused-ring (bicyclic) bond motifs is 1. The molecule has 0 bridgehead atoms. The summed E-state index contributed by atoms with van der Waals surface area (Å²) in [6.45, 7) is 2.19. The van der Waals surface area contributed by atoms with Gasteiger partial charge < -0.3 is 9.80 Å². The van der Waals surface area contributed by atoms with Crippen molar-refractivity contribution in [2.45, 2.75) is 25.6 Å². The summed E-state index contributed by atoms with van der Waals surface area (Å²) in [7, 11) is 4.04. The number of hydrogen-bond acceptors (Lipinski definition) is 5. The minimum atomic E-state index is -0.0744. The second kappa shape index (κ2) is 6.23. The molecule has 0 radical (unpaired) electrons. The van der Waals surface area contributed by atoms with Crippen LogP contribution in [0.1, 0.15) is 22.6 Å². The van der Waals surface area contributed by atoms with Crippen LogP contribution in [0, 0.1) is 0 Å². The second-order valence-electron chi connectivity index (χ2n) is 5.77. The quantitative estimate of drug-likeness (QED) is 0.832. The van der Waals surface area contributed by atoms with Gasteiger partial charge in [0.05, 0.1) is 18.4 Å². The van der Waals surface area contributed by atoms with Gasteiger partial charge in [0.2, 0.25) is 0 Å². The maximum atomic E-state index is 12.9. The molecule has 7 heteroatoms. The molecule has 0 aliphatic carbocycles. The molecule has 7 nitrogen and oxygen atoms in total. The first kappa shape index (κ1) is 14.6. The van der Waals surface area contributed by atoms with Gasteiger partial charge in [-0.3, -0.25) is 14.5 Å². The highest BCUT2D eigenvalue weighted by molar-refractivity contribution is 5.92. The summed E-state index contributed by atoms with van der Waals surface area (Å²) in [5, 5.41) is 4.33. The molecule has 1 aliphatic rings. The smallest absolute Gasteiger partial charge is 0.274 e. The minimum absolute atomic E-state index is 0.0744. The number of rotatable bonds is 3. The van der Waals surface area contributed by atoms with Crippen molar-refractivity contribution in [1.82, 2.24) is 29.5 Å². The Morgan fingerprint density at radius 3 is 2.95 bits per heavy atom. The number of carbonyl (C=O) groups excluding carboxylic acids is 1. The summed E-state index contributed by atoms with van der Waals surface area (Å²) in [6.07, 6.45) is 7.31. The van der Waals surface area contributed by atoms with E-state index in [-0.39, 0.29) is 11.9 Å². The first-order valence-electron chi connectivity index (χ1n) is 7.37. The van der Waals surface area contributed by atoms with Crippen molar-refractivity contribution in [2.75, 3.05) is 20.6 Å². The molecule has 0 saturated heterocycles. The molecule has 2 aromatic heterocycles. The van der Waals surface area contributed by atoms with Gasteiger partial charge in [0, 0.05) is 37.7 Å². The Morgan fingerprint density at radius 1 is 1.36 bits per heavy atom. The fourth-order valence-corrected chi connectivity index (χ4v) is 2.83. The van der Waals surface area contributed by atoms with E-state index < -0.39 is 0 Å². The summed E-state index contributed by atoms with van der Waals surface area (Å²) in [5.74, 6) is -0.0744. The van der Waals surface area contributed by atoms with Gasteiger partial charge in [-0.05, 0) is 26.6 Å². The third kappa shape index (κ3) is 2.99. The van der Waals surface area contributed by atoms with Crippen molar-refractivity contribution >= 4 is 5.91 Å². The summed E-state index contributed by atoms with van der Waals surface area (Å²) in [6, 6.07) is 2.10. The lowest BCUT2D eigenvalue weighted by atomic mass is 10.1. The molecule has 2 aromatic rings. The fourth-order valence-electron chi connectivity index (χ4n) is 2.83. The Labute approximate surface area is 129 Å². The Bertz CT molecular complexity index is 638. The van der Waals surface area contributed by atoms with Crippen molar-refractivity contribution in [3.8, 4) is 0 Å². The van der Waals surface area contributed by atoms with E-state index >= 15 is 0 Å². The second-order valence-corrected chi connectivity index (χ2v) is 5.77. The van der Waals surface area contributed by atoms with Crippen molar-refractivity contribution in [2.24, 2.45) is 0 Å². The summed E-state index contributed by atoms with van der Waals surface area (Å²) in [5.41, 5.74) is 1.44. The van der Waals surface area contributed by atoms with Crippen LogP contribution in [-0.4, -0.2) is 62.1 Å². The van der Waals surface area contributed by atoms with Crippen molar-refractivity contribution in [3.05, 3.63) is 42.2 Å². The van der Waals surface area contributed by atoms with Gasteiger partial charge in [0.1, 0.15) is 5.69 Å². The molecule has 0 saturated carbocycles. The van der Waals surface area contributed by atoms with Crippen LogP contribution >= 0.6 is 0 Å². The molecule has 22 heavy (non-hydrogen) atoms. The van der Waals surface area contributed by atoms with Gasteiger partial charge in [-0.15, -0.1) is 0 Å². The van der Waals surface area contributed by atoms with Crippen LogP contribution < -0.4 is 0 Å². The molecule has 0 aromatic carbocycles. The third-order valence-corrected chi connectivity index (χ3v) is 3.87. The standard InChI is InChI=1S/C15H20N6O/c1-19(2)10-12-4-8-21-13(3-5-18-21)11-20(12)15(22)14-9-16-6-7-17-14/h3,5-7,9,12H,4,8,10-11H2,1-2H3/t12-/m0/s1. The van der Waals surface area contributed by atoms with Crippen LogP contribution in [0.15, 0.2) is 30.9 Å². The zero-order valence-corrected chi connectivity index (χ0v) is 12.9. The molecule has 0 N–H and O–H groups in total. The van der Waals surface area contributed by atoms with Crippen LogP contribution in [0.2, 0.25) is 0 Å². The van der Waals surface area contributed by atoms with Gasteiger partial charge >= 0.3 is 0 Å². The zero-order valence-electron chi connectivity index (χ0n) is 12.9. The SMILES string of the molecule is CN(C)C[C@@H]1CCn2nccc2CN1C(=O)c1cnccn1.